The molecule has 1 fully saturated rings. The third kappa shape index (κ3) is 3.95. The zero-order valence-corrected chi connectivity index (χ0v) is 19.4. The largest absolute Gasteiger partial charge is 0.492 e. The highest BCUT2D eigenvalue weighted by molar-refractivity contribution is 6.15. The Morgan fingerprint density at radius 2 is 1.65 bits per heavy atom. The van der Waals surface area contributed by atoms with E-state index in [1.807, 2.05) is 24.3 Å². The van der Waals surface area contributed by atoms with Crippen molar-refractivity contribution in [1.82, 2.24) is 9.47 Å². The second-order valence-electron chi connectivity index (χ2n) is 9.27. The van der Waals surface area contributed by atoms with Crippen LogP contribution in [0, 0.1) is 0 Å². The molecule has 0 amide bonds. The van der Waals surface area contributed by atoms with Gasteiger partial charge in [0.2, 0.25) is 0 Å². The van der Waals surface area contributed by atoms with Crippen molar-refractivity contribution in [1.29, 1.82) is 0 Å². The molecule has 1 aliphatic rings. The smallest absolute Gasteiger partial charge is 0.161 e. The van der Waals surface area contributed by atoms with Crippen LogP contribution in [-0.2, 0) is 13.2 Å². The Balaban J connectivity index is 1.28. The first-order chi connectivity index (χ1) is 16.8. The lowest BCUT2D eigenvalue weighted by Gasteiger charge is -2.26. The second kappa shape index (κ2) is 9.16. The Morgan fingerprint density at radius 3 is 2.47 bits per heavy atom. The number of piperidine rings is 1. The number of likely N-dealkylation sites (tertiary alicyclic amines) is 1. The first-order valence-corrected chi connectivity index (χ1v) is 12.3. The molecule has 0 atom stereocenters. The third-order valence-corrected chi connectivity index (χ3v) is 7.01. The molecule has 0 unspecified atom stereocenters. The van der Waals surface area contributed by atoms with Crippen molar-refractivity contribution in [3.8, 4) is 5.75 Å². The topological polar surface area (TPSA) is 50.8 Å². The average molecular weight is 455 g/mol. The van der Waals surface area contributed by atoms with Gasteiger partial charge < -0.3 is 18.8 Å². The summed E-state index contributed by atoms with van der Waals surface area (Å²) >= 11 is 0. The molecular weight excluding hydrogens is 424 g/mol. The molecule has 1 aliphatic heterocycles. The van der Waals surface area contributed by atoms with Gasteiger partial charge in [-0.05, 0) is 73.5 Å². The summed E-state index contributed by atoms with van der Waals surface area (Å²) in [5.74, 6) is 0.921. The number of rotatable bonds is 7. The Morgan fingerprint density at radius 1 is 0.853 bits per heavy atom. The molecule has 2 aromatic heterocycles. The summed E-state index contributed by atoms with van der Waals surface area (Å²) in [6, 6.07) is 22.7. The van der Waals surface area contributed by atoms with Gasteiger partial charge >= 0.3 is 0 Å². The normalized spacial score (nSPS) is 15.0. The summed E-state index contributed by atoms with van der Waals surface area (Å²) in [6.07, 6.45) is 3.98. The number of nitrogens with zero attached hydrogens (tertiary/aromatic N) is 2. The predicted octanol–water partition coefficient (Wildman–Crippen LogP) is 5.95. The van der Waals surface area contributed by atoms with E-state index in [9.17, 15) is 5.11 Å². The molecular formula is C29H30N2O3. The van der Waals surface area contributed by atoms with Gasteiger partial charge in [-0.1, -0.05) is 36.8 Å². The standard InChI is InChI=1S/C29H30N2O3/c32-20-22-10-13-26-25(18-22)29-28(24-6-2-3-7-27(24)34-29)31(26)19-21-8-11-23(12-9-21)33-17-16-30-14-4-1-5-15-30/h2-3,6-13,18,32H,1,4-5,14-17,19-20H2. The van der Waals surface area contributed by atoms with E-state index in [0.717, 1.165) is 64.0 Å². The minimum atomic E-state index is 0.0159. The van der Waals surface area contributed by atoms with Crippen molar-refractivity contribution >= 4 is 33.0 Å². The van der Waals surface area contributed by atoms with Crippen molar-refractivity contribution in [2.45, 2.75) is 32.4 Å². The maximum absolute atomic E-state index is 9.66. The molecule has 5 heteroatoms. The fourth-order valence-corrected chi connectivity index (χ4v) is 5.22. The van der Waals surface area contributed by atoms with Crippen LogP contribution in [0.3, 0.4) is 0 Å². The van der Waals surface area contributed by atoms with Crippen molar-refractivity contribution in [2.75, 3.05) is 26.2 Å². The van der Waals surface area contributed by atoms with Crippen molar-refractivity contribution < 1.29 is 14.3 Å². The summed E-state index contributed by atoms with van der Waals surface area (Å²) in [7, 11) is 0. The van der Waals surface area contributed by atoms with Gasteiger partial charge in [0, 0.05) is 23.9 Å². The Hall–Kier alpha value is -3.28. The SMILES string of the molecule is OCc1ccc2c(c1)c1oc3ccccc3c1n2Cc1ccc(OCCN2CCCCC2)cc1. The Bertz CT molecular complexity index is 1430. The van der Waals surface area contributed by atoms with Gasteiger partial charge in [-0.2, -0.15) is 0 Å². The molecule has 3 aromatic carbocycles. The van der Waals surface area contributed by atoms with E-state index in [2.05, 4.69) is 51.9 Å². The van der Waals surface area contributed by atoms with Gasteiger partial charge in [0.15, 0.2) is 5.58 Å². The quantitative estimate of drug-likeness (QED) is 0.330. The van der Waals surface area contributed by atoms with E-state index in [1.54, 1.807) is 0 Å². The molecule has 0 spiro atoms. The first-order valence-electron chi connectivity index (χ1n) is 12.3. The molecule has 0 radical (unpaired) electrons. The number of aliphatic hydroxyl groups excluding tert-OH is 1. The molecule has 1 N–H and O–H groups in total. The summed E-state index contributed by atoms with van der Waals surface area (Å²) in [6.45, 7) is 4.88. The van der Waals surface area contributed by atoms with Gasteiger partial charge in [0.05, 0.1) is 17.6 Å². The van der Waals surface area contributed by atoms with Crippen LogP contribution in [0.4, 0.5) is 0 Å². The van der Waals surface area contributed by atoms with Crippen LogP contribution in [0.15, 0.2) is 71.1 Å². The van der Waals surface area contributed by atoms with E-state index in [4.69, 9.17) is 9.15 Å². The number of para-hydroxylation sites is 1. The first kappa shape index (κ1) is 21.3. The number of ether oxygens (including phenoxy) is 1. The van der Waals surface area contributed by atoms with Crippen LogP contribution in [0.25, 0.3) is 33.0 Å². The third-order valence-electron chi connectivity index (χ3n) is 7.01. The minimum Gasteiger partial charge on any atom is -0.492 e. The lowest BCUT2D eigenvalue weighted by atomic mass is 10.1. The Kier molecular flexibility index (Phi) is 5.73. The summed E-state index contributed by atoms with van der Waals surface area (Å²) in [4.78, 5) is 2.50. The lowest BCUT2D eigenvalue weighted by molar-refractivity contribution is 0.183. The monoisotopic (exact) mass is 454 g/mol. The summed E-state index contributed by atoms with van der Waals surface area (Å²) in [5.41, 5.74) is 6.07. The Labute approximate surface area is 199 Å². The number of aromatic nitrogens is 1. The molecule has 6 rings (SSSR count). The molecule has 1 saturated heterocycles. The molecule has 0 saturated carbocycles. The molecule has 5 nitrogen and oxygen atoms in total. The molecule has 0 aliphatic carbocycles. The minimum absolute atomic E-state index is 0.0159. The molecule has 3 heterocycles. The number of hydrogen-bond acceptors (Lipinski definition) is 4. The maximum atomic E-state index is 9.66. The van der Waals surface area contributed by atoms with Gasteiger partial charge in [-0.3, -0.25) is 4.90 Å². The van der Waals surface area contributed by atoms with Gasteiger partial charge in [-0.15, -0.1) is 0 Å². The lowest BCUT2D eigenvalue weighted by Crippen LogP contribution is -2.33. The fraction of sp³-hybridized carbons (Fsp3) is 0.310. The van der Waals surface area contributed by atoms with Gasteiger partial charge in [0.25, 0.3) is 0 Å². The molecule has 34 heavy (non-hydrogen) atoms. The van der Waals surface area contributed by atoms with Crippen molar-refractivity contribution in [3.63, 3.8) is 0 Å². The molecule has 0 bridgehead atoms. The van der Waals surface area contributed by atoms with E-state index in [-0.39, 0.29) is 6.61 Å². The second-order valence-corrected chi connectivity index (χ2v) is 9.27. The number of aliphatic hydroxyl groups is 1. The molecule has 5 aromatic rings. The highest BCUT2D eigenvalue weighted by Gasteiger charge is 2.18. The molecule has 174 valence electrons. The zero-order chi connectivity index (χ0) is 22.9. The van der Waals surface area contributed by atoms with Gasteiger partial charge in [0.1, 0.15) is 17.9 Å². The van der Waals surface area contributed by atoms with Crippen LogP contribution in [0.5, 0.6) is 5.75 Å². The summed E-state index contributed by atoms with van der Waals surface area (Å²) < 4.78 is 14.6. The number of hydrogen-bond donors (Lipinski definition) is 1. The number of furan rings is 1. The van der Waals surface area contributed by atoms with Crippen LogP contribution in [0.2, 0.25) is 0 Å². The van der Waals surface area contributed by atoms with Crippen molar-refractivity contribution in [3.05, 3.63) is 77.9 Å². The van der Waals surface area contributed by atoms with Gasteiger partial charge in [-0.25, -0.2) is 0 Å². The number of benzene rings is 3. The van der Waals surface area contributed by atoms with Crippen LogP contribution in [-0.4, -0.2) is 40.8 Å². The summed E-state index contributed by atoms with van der Waals surface area (Å²) in [5, 5.41) is 11.8. The number of fused-ring (bicyclic) bond motifs is 5. The van der Waals surface area contributed by atoms with Crippen LogP contribution >= 0.6 is 0 Å². The van der Waals surface area contributed by atoms with E-state index >= 15 is 0 Å². The van der Waals surface area contributed by atoms with Crippen LogP contribution in [0.1, 0.15) is 30.4 Å². The predicted molar refractivity (Wildman–Crippen MR) is 136 cm³/mol. The van der Waals surface area contributed by atoms with E-state index in [1.165, 1.54) is 37.9 Å². The highest BCUT2D eigenvalue weighted by Crippen LogP contribution is 2.37. The van der Waals surface area contributed by atoms with Crippen LogP contribution < -0.4 is 4.74 Å². The van der Waals surface area contributed by atoms with Crippen molar-refractivity contribution in [2.24, 2.45) is 0 Å². The maximum Gasteiger partial charge on any atom is 0.161 e. The van der Waals surface area contributed by atoms with E-state index < -0.39 is 0 Å². The average Bonchev–Trinajstić information content (AvgIpc) is 3.41. The fourth-order valence-electron chi connectivity index (χ4n) is 5.22. The van der Waals surface area contributed by atoms with E-state index in [0.29, 0.717) is 0 Å². The highest BCUT2D eigenvalue weighted by atomic mass is 16.5. The zero-order valence-electron chi connectivity index (χ0n) is 19.4.